The third-order valence-corrected chi connectivity index (χ3v) is 5.64. The molecular weight excluding hydrogens is 284 g/mol. The van der Waals surface area contributed by atoms with E-state index in [0.29, 0.717) is 31.4 Å². The quantitative estimate of drug-likeness (QED) is 0.811. The smallest absolute Gasteiger partial charge is 0.306 e. The number of aromatic nitrogens is 2. The summed E-state index contributed by atoms with van der Waals surface area (Å²) >= 11 is 2.88. The minimum Gasteiger partial charge on any atom is -0.481 e. The van der Waals surface area contributed by atoms with E-state index in [2.05, 4.69) is 9.36 Å². The van der Waals surface area contributed by atoms with Crippen molar-refractivity contribution in [3.63, 3.8) is 0 Å². The van der Waals surface area contributed by atoms with Gasteiger partial charge in [-0.2, -0.15) is 4.37 Å². The molecule has 1 fully saturated rings. The number of rotatable bonds is 5. The van der Waals surface area contributed by atoms with Crippen molar-refractivity contribution in [1.82, 2.24) is 9.36 Å². The summed E-state index contributed by atoms with van der Waals surface area (Å²) in [5.41, 5.74) is -0.755. The molecule has 2 N–H and O–H groups in total. The van der Waals surface area contributed by atoms with Crippen LogP contribution in [0.3, 0.4) is 0 Å². The van der Waals surface area contributed by atoms with Gasteiger partial charge in [0.1, 0.15) is 5.82 Å². The first-order valence-electron chi connectivity index (χ1n) is 6.43. The van der Waals surface area contributed by atoms with Crippen LogP contribution in [0.15, 0.2) is 4.34 Å². The fourth-order valence-corrected chi connectivity index (χ4v) is 4.03. The minimum absolute atomic E-state index is 0.293. The van der Waals surface area contributed by atoms with E-state index in [4.69, 9.17) is 5.11 Å². The summed E-state index contributed by atoms with van der Waals surface area (Å²) in [5, 5.41) is 19.4. The highest BCUT2D eigenvalue weighted by Gasteiger charge is 2.35. The van der Waals surface area contributed by atoms with Crippen LogP contribution in [0.5, 0.6) is 0 Å². The summed E-state index contributed by atoms with van der Waals surface area (Å²) < 4.78 is 5.09. The topological polar surface area (TPSA) is 83.3 Å². The molecule has 0 aliphatic heterocycles. The van der Waals surface area contributed by atoms with Gasteiger partial charge < -0.3 is 10.2 Å². The SMILES string of the molecule is CCc1nsc(SCC2(O)CCC(C(=O)O)CC2)n1. The van der Waals surface area contributed by atoms with Gasteiger partial charge in [-0.25, -0.2) is 4.98 Å². The third kappa shape index (κ3) is 3.90. The Morgan fingerprint density at radius 2 is 2.21 bits per heavy atom. The third-order valence-electron chi connectivity index (χ3n) is 3.50. The molecule has 0 bridgehead atoms. The molecule has 0 aromatic carbocycles. The molecule has 0 radical (unpaired) electrons. The van der Waals surface area contributed by atoms with Crippen molar-refractivity contribution >= 4 is 29.3 Å². The largest absolute Gasteiger partial charge is 0.481 e. The Balaban J connectivity index is 1.84. The molecule has 1 aliphatic rings. The number of carbonyl (C=O) groups is 1. The van der Waals surface area contributed by atoms with E-state index in [0.717, 1.165) is 16.6 Å². The Hall–Kier alpha value is -0.660. The number of aliphatic carboxylic acids is 1. The van der Waals surface area contributed by atoms with Gasteiger partial charge in [-0.3, -0.25) is 4.79 Å². The molecule has 1 aliphatic carbocycles. The van der Waals surface area contributed by atoms with E-state index in [1.807, 2.05) is 6.92 Å². The van der Waals surface area contributed by atoms with Gasteiger partial charge in [0.2, 0.25) is 0 Å². The first-order chi connectivity index (χ1) is 9.02. The average Bonchev–Trinajstić information content (AvgIpc) is 2.85. The summed E-state index contributed by atoms with van der Waals surface area (Å²) in [7, 11) is 0. The molecule has 1 aromatic heterocycles. The normalized spacial score (nSPS) is 27.4. The number of aryl methyl sites for hydroxylation is 1. The molecule has 1 aromatic rings. The van der Waals surface area contributed by atoms with E-state index in [9.17, 15) is 9.90 Å². The van der Waals surface area contributed by atoms with Crippen LogP contribution >= 0.6 is 23.3 Å². The fourth-order valence-electron chi connectivity index (χ4n) is 2.18. The molecular formula is C12H18N2O3S2. The lowest BCUT2D eigenvalue weighted by atomic mass is 9.80. The van der Waals surface area contributed by atoms with Gasteiger partial charge in [0.25, 0.3) is 0 Å². The van der Waals surface area contributed by atoms with Crippen LogP contribution in [0.25, 0.3) is 0 Å². The van der Waals surface area contributed by atoms with Crippen molar-refractivity contribution in [2.45, 2.75) is 49.0 Å². The molecule has 5 nitrogen and oxygen atoms in total. The zero-order valence-corrected chi connectivity index (χ0v) is 12.5. The molecule has 19 heavy (non-hydrogen) atoms. The first-order valence-corrected chi connectivity index (χ1v) is 8.19. The molecule has 0 unspecified atom stereocenters. The van der Waals surface area contributed by atoms with Gasteiger partial charge in [-0.1, -0.05) is 18.7 Å². The molecule has 0 spiro atoms. The molecule has 0 saturated heterocycles. The second kappa shape index (κ2) is 6.19. The van der Waals surface area contributed by atoms with E-state index >= 15 is 0 Å². The predicted octanol–water partition coefficient (Wildman–Crippen LogP) is 2.20. The Kier molecular flexibility index (Phi) is 4.81. The predicted molar refractivity (Wildman–Crippen MR) is 74.6 cm³/mol. The monoisotopic (exact) mass is 302 g/mol. The van der Waals surface area contributed by atoms with Crippen molar-refractivity contribution in [3.05, 3.63) is 5.82 Å². The number of thioether (sulfide) groups is 1. The van der Waals surface area contributed by atoms with E-state index in [1.165, 1.54) is 23.3 Å². The van der Waals surface area contributed by atoms with Gasteiger partial charge in [0.15, 0.2) is 4.34 Å². The lowest BCUT2D eigenvalue weighted by Gasteiger charge is -2.34. The highest BCUT2D eigenvalue weighted by molar-refractivity contribution is 8.01. The fraction of sp³-hybridized carbons (Fsp3) is 0.750. The van der Waals surface area contributed by atoms with Crippen LogP contribution < -0.4 is 0 Å². The van der Waals surface area contributed by atoms with Crippen molar-refractivity contribution in [2.24, 2.45) is 5.92 Å². The molecule has 2 rings (SSSR count). The first kappa shape index (κ1) is 14.7. The molecule has 0 atom stereocenters. The minimum atomic E-state index is -0.755. The van der Waals surface area contributed by atoms with Gasteiger partial charge in [0.05, 0.1) is 11.5 Å². The number of aliphatic hydroxyl groups is 1. The summed E-state index contributed by atoms with van der Waals surface area (Å²) in [6.07, 6.45) is 3.04. The Labute approximate surface area is 120 Å². The maximum Gasteiger partial charge on any atom is 0.306 e. The molecule has 106 valence electrons. The van der Waals surface area contributed by atoms with Crippen LogP contribution in [0.2, 0.25) is 0 Å². The Bertz CT molecular complexity index is 442. The van der Waals surface area contributed by atoms with Gasteiger partial charge in [0, 0.05) is 12.2 Å². The standard InChI is InChI=1S/C12H18N2O3S2/c1-2-9-13-11(19-14-9)18-7-12(17)5-3-8(4-6-12)10(15)16/h8,17H,2-7H2,1H3,(H,15,16). The van der Waals surface area contributed by atoms with E-state index in [-0.39, 0.29) is 5.92 Å². The van der Waals surface area contributed by atoms with Gasteiger partial charge in [-0.05, 0) is 37.2 Å². The number of hydrogen-bond acceptors (Lipinski definition) is 6. The van der Waals surface area contributed by atoms with E-state index in [1.54, 1.807) is 0 Å². The van der Waals surface area contributed by atoms with Gasteiger partial charge >= 0.3 is 5.97 Å². The van der Waals surface area contributed by atoms with Crippen molar-refractivity contribution in [3.8, 4) is 0 Å². The zero-order chi connectivity index (χ0) is 13.9. The number of nitrogens with zero attached hydrogens (tertiary/aromatic N) is 2. The number of carboxylic acids is 1. The van der Waals surface area contributed by atoms with Crippen LogP contribution in [-0.2, 0) is 11.2 Å². The molecule has 1 saturated carbocycles. The summed E-state index contributed by atoms with van der Waals surface area (Å²) in [4.78, 5) is 15.2. The highest BCUT2D eigenvalue weighted by Crippen LogP contribution is 2.36. The van der Waals surface area contributed by atoms with Crippen molar-refractivity contribution in [1.29, 1.82) is 0 Å². The molecule has 0 amide bonds. The van der Waals surface area contributed by atoms with Crippen LogP contribution in [-0.4, -0.2) is 36.9 Å². The van der Waals surface area contributed by atoms with E-state index < -0.39 is 11.6 Å². The maximum atomic E-state index is 10.9. The van der Waals surface area contributed by atoms with Crippen LogP contribution in [0.4, 0.5) is 0 Å². The lowest BCUT2D eigenvalue weighted by molar-refractivity contribution is -0.144. The lowest BCUT2D eigenvalue weighted by Crippen LogP contribution is -2.38. The highest BCUT2D eigenvalue weighted by atomic mass is 32.2. The van der Waals surface area contributed by atoms with Crippen LogP contribution in [0, 0.1) is 5.92 Å². The molecule has 1 heterocycles. The van der Waals surface area contributed by atoms with Crippen LogP contribution in [0.1, 0.15) is 38.4 Å². The zero-order valence-electron chi connectivity index (χ0n) is 10.8. The average molecular weight is 302 g/mol. The second-order valence-corrected chi connectivity index (χ2v) is 6.93. The van der Waals surface area contributed by atoms with Crippen molar-refractivity contribution in [2.75, 3.05) is 5.75 Å². The van der Waals surface area contributed by atoms with Crippen molar-refractivity contribution < 1.29 is 15.0 Å². The Morgan fingerprint density at radius 1 is 1.53 bits per heavy atom. The molecule has 7 heteroatoms. The number of carboxylic acid groups (broad SMARTS) is 1. The summed E-state index contributed by atoms with van der Waals surface area (Å²) in [6, 6.07) is 0. The Morgan fingerprint density at radius 3 is 2.74 bits per heavy atom. The maximum absolute atomic E-state index is 10.9. The van der Waals surface area contributed by atoms with Gasteiger partial charge in [-0.15, -0.1) is 0 Å². The number of hydrogen-bond donors (Lipinski definition) is 2. The summed E-state index contributed by atoms with van der Waals surface area (Å²) in [5.74, 6) is 0.372. The second-order valence-electron chi connectivity index (χ2n) is 4.96. The summed E-state index contributed by atoms with van der Waals surface area (Å²) in [6.45, 7) is 2.01.